The summed E-state index contributed by atoms with van der Waals surface area (Å²) in [5, 5.41) is 5.88. The van der Waals surface area contributed by atoms with Crippen LogP contribution >= 0.6 is 19.2 Å². The van der Waals surface area contributed by atoms with Crippen molar-refractivity contribution in [1.29, 1.82) is 0 Å². The van der Waals surface area contributed by atoms with Gasteiger partial charge >= 0.3 is 13.9 Å². The fraction of sp³-hybridized carbons (Fsp3) is 0.227. The highest BCUT2D eigenvalue weighted by atomic mass is 32.1. The summed E-state index contributed by atoms with van der Waals surface area (Å²) >= 11 is 1.34. The van der Waals surface area contributed by atoms with Crippen molar-refractivity contribution >= 4 is 40.5 Å². The molecule has 4 aromatic rings. The molecule has 0 bridgehead atoms. The SMILES string of the molecule is CCNC(=O)Nc1nc2cc(-c3cnc(C(C)(C)OP(=O)(O)O)nc3)cc(-c3ccccn3)c2s1. The summed E-state index contributed by atoms with van der Waals surface area (Å²) in [6.45, 7) is 5.28. The van der Waals surface area contributed by atoms with E-state index in [1.165, 1.54) is 25.2 Å². The summed E-state index contributed by atoms with van der Waals surface area (Å²) in [5.74, 6) is 0.123. The van der Waals surface area contributed by atoms with Crippen molar-refractivity contribution in [1.82, 2.24) is 25.3 Å². The molecule has 0 atom stereocenters. The Morgan fingerprint density at radius 3 is 2.51 bits per heavy atom. The number of aromatic nitrogens is 4. The van der Waals surface area contributed by atoms with Crippen molar-refractivity contribution in [2.75, 3.05) is 11.9 Å². The topological polar surface area (TPSA) is 159 Å². The number of benzene rings is 1. The summed E-state index contributed by atoms with van der Waals surface area (Å²) in [4.78, 5) is 47.9. The van der Waals surface area contributed by atoms with Crippen LogP contribution in [0.25, 0.3) is 32.6 Å². The molecule has 1 aromatic carbocycles. The quantitative estimate of drug-likeness (QED) is 0.264. The Hall–Kier alpha value is -3.28. The molecule has 182 valence electrons. The lowest BCUT2D eigenvalue weighted by Gasteiger charge is -2.23. The zero-order valence-corrected chi connectivity index (χ0v) is 20.8. The summed E-state index contributed by atoms with van der Waals surface area (Å²) in [5.41, 5.74) is 2.25. The number of rotatable bonds is 7. The number of hydrogen-bond donors (Lipinski definition) is 4. The lowest BCUT2D eigenvalue weighted by molar-refractivity contribution is 0.0556. The van der Waals surface area contributed by atoms with E-state index in [-0.39, 0.29) is 11.9 Å². The monoisotopic (exact) mass is 514 g/mol. The van der Waals surface area contributed by atoms with E-state index < -0.39 is 13.4 Å². The third kappa shape index (κ3) is 5.87. The largest absolute Gasteiger partial charge is 0.470 e. The van der Waals surface area contributed by atoms with Gasteiger partial charge in [0.25, 0.3) is 0 Å². The van der Waals surface area contributed by atoms with Gasteiger partial charge in [-0.3, -0.25) is 14.8 Å². The summed E-state index contributed by atoms with van der Waals surface area (Å²) in [6, 6.07) is 9.06. The highest BCUT2D eigenvalue weighted by molar-refractivity contribution is 7.46. The predicted molar refractivity (Wildman–Crippen MR) is 133 cm³/mol. The minimum absolute atomic E-state index is 0.123. The average Bonchev–Trinajstić information content (AvgIpc) is 3.20. The molecule has 13 heteroatoms. The van der Waals surface area contributed by atoms with Crippen LogP contribution in [-0.4, -0.2) is 42.3 Å². The first-order chi connectivity index (χ1) is 16.6. The van der Waals surface area contributed by atoms with E-state index in [1.54, 1.807) is 18.6 Å². The van der Waals surface area contributed by atoms with Crippen LogP contribution in [0.4, 0.5) is 9.93 Å². The first-order valence-electron chi connectivity index (χ1n) is 10.6. The molecule has 0 aliphatic carbocycles. The van der Waals surface area contributed by atoms with Gasteiger partial charge in [-0.15, -0.1) is 0 Å². The van der Waals surface area contributed by atoms with E-state index in [1.807, 2.05) is 37.3 Å². The van der Waals surface area contributed by atoms with Gasteiger partial charge in [0.15, 0.2) is 11.0 Å². The number of phosphoric ester groups is 1. The lowest BCUT2D eigenvalue weighted by Crippen LogP contribution is -2.28. The predicted octanol–water partition coefficient (Wildman–Crippen LogP) is 4.30. The zero-order valence-electron chi connectivity index (χ0n) is 19.1. The van der Waals surface area contributed by atoms with Gasteiger partial charge in [0.1, 0.15) is 5.60 Å². The molecule has 0 spiro atoms. The fourth-order valence-corrected chi connectivity index (χ4v) is 5.03. The van der Waals surface area contributed by atoms with Gasteiger partial charge in [0.2, 0.25) is 0 Å². The third-order valence-electron chi connectivity index (χ3n) is 4.86. The number of anilines is 1. The van der Waals surface area contributed by atoms with Crippen LogP contribution < -0.4 is 10.6 Å². The molecular weight excluding hydrogens is 491 g/mol. The van der Waals surface area contributed by atoms with E-state index in [0.29, 0.717) is 22.8 Å². The number of urea groups is 1. The smallest absolute Gasteiger partial charge is 0.338 e. The number of phosphoric acid groups is 1. The first-order valence-corrected chi connectivity index (χ1v) is 12.9. The molecule has 11 nitrogen and oxygen atoms in total. The Bertz CT molecular complexity index is 1410. The molecular formula is C22H23N6O5PS. The molecule has 4 N–H and O–H groups in total. The molecule has 0 unspecified atom stereocenters. The highest BCUT2D eigenvalue weighted by Gasteiger charge is 2.33. The maximum absolute atomic E-state index is 12.0. The standard InChI is InChI=1S/C22H23N6O5PS/c1-4-23-20(29)28-21-27-17-10-13(9-15(18(17)35-21)16-7-5-6-8-24-16)14-11-25-19(26-12-14)22(2,3)33-34(30,31)32/h5-12H,4H2,1-3H3,(H2,30,31,32)(H2,23,27,28,29). The van der Waals surface area contributed by atoms with Crippen molar-refractivity contribution in [3.05, 3.63) is 54.7 Å². The van der Waals surface area contributed by atoms with Crippen LogP contribution in [-0.2, 0) is 14.7 Å². The molecule has 0 aliphatic rings. The molecule has 0 fully saturated rings. The number of nitrogens with one attached hydrogen (secondary N) is 2. The summed E-state index contributed by atoms with van der Waals surface area (Å²) < 4.78 is 17.0. The Labute approximate surface area is 204 Å². The van der Waals surface area contributed by atoms with Crippen LogP contribution in [0.15, 0.2) is 48.9 Å². The van der Waals surface area contributed by atoms with Gasteiger partial charge in [-0.05, 0) is 50.6 Å². The fourth-order valence-electron chi connectivity index (χ4n) is 3.39. The average molecular weight is 515 g/mol. The van der Waals surface area contributed by atoms with E-state index in [9.17, 15) is 9.36 Å². The highest BCUT2D eigenvalue weighted by Crippen LogP contribution is 2.44. The number of amides is 2. The van der Waals surface area contributed by atoms with Gasteiger partial charge in [-0.1, -0.05) is 17.4 Å². The summed E-state index contributed by atoms with van der Waals surface area (Å²) in [6.07, 6.45) is 4.80. The minimum Gasteiger partial charge on any atom is -0.338 e. The number of nitrogens with zero attached hydrogens (tertiary/aromatic N) is 4. The molecule has 0 radical (unpaired) electrons. The van der Waals surface area contributed by atoms with E-state index >= 15 is 0 Å². The second-order valence-corrected chi connectivity index (χ2v) is 10.1. The van der Waals surface area contributed by atoms with Gasteiger partial charge in [-0.25, -0.2) is 24.3 Å². The molecule has 0 saturated carbocycles. The normalized spacial score (nSPS) is 12.0. The van der Waals surface area contributed by atoms with Crippen LogP contribution in [0.1, 0.15) is 26.6 Å². The van der Waals surface area contributed by atoms with E-state index in [2.05, 4.69) is 30.6 Å². The molecule has 35 heavy (non-hydrogen) atoms. The number of thiazole rings is 1. The molecule has 2 amide bonds. The van der Waals surface area contributed by atoms with Crippen LogP contribution in [0, 0.1) is 0 Å². The van der Waals surface area contributed by atoms with Crippen LogP contribution in [0.5, 0.6) is 0 Å². The molecule has 0 saturated heterocycles. The van der Waals surface area contributed by atoms with Gasteiger partial charge < -0.3 is 15.1 Å². The maximum Gasteiger partial charge on any atom is 0.470 e. The van der Waals surface area contributed by atoms with Crippen molar-refractivity contribution < 1.29 is 23.7 Å². The molecule has 3 heterocycles. The van der Waals surface area contributed by atoms with Gasteiger partial charge in [0.05, 0.1) is 15.9 Å². The molecule has 0 aliphatic heterocycles. The van der Waals surface area contributed by atoms with Crippen LogP contribution in [0.3, 0.4) is 0 Å². The maximum atomic E-state index is 12.0. The Kier molecular flexibility index (Phi) is 6.93. The number of fused-ring (bicyclic) bond motifs is 1. The second-order valence-electron chi connectivity index (χ2n) is 7.98. The Morgan fingerprint density at radius 2 is 1.89 bits per heavy atom. The van der Waals surface area contributed by atoms with E-state index in [4.69, 9.17) is 14.3 Å². The third-order valence-corrected chi connectivity index (χ3v) is 6.57. The number of carbonyl (C=O) groups excluding carboxylic acids is 1. The second kappa shape index (κ2) is 9.76. The number of carbonyl (C=O) groups is 1. The number of hydrogen-bond acceptors (Lipinski definition) is 8. The number of pyridine rings is 1. The first kappa shape index (κ1) is 24.8. The van der Waals surface area contributed by atoms with Gasteiger partial charge in [-0.2, -0.15) is 0 Å². The van der Waals surface area contributed by atoms with Crippen molar-refractivity contribution in [2.45, 2.75) is 26.4 Å². The molecule has 3 aromatic heterocycles. The van der Waals surface area contributed by atoms with Crippen molar-refractivity contribution in [3.63, 3.8) is 0 Å². The van der Waals surface area contributed by atoms with Gasteiger partial charge in [0, 0.05) is 36.3 Å². The Morgan fingerprint density at radius 1 is 1.14 bits per heavy atom. The summed E-state index contributed by atoms with van der Waals surface area (Å²) in [7, 11) is -4.73. The molecule has 4 rings (SSSR count). The van der Waals surface area contributed by atoms with Crippen molar-refractivity contribution in [2.24, 2.45) is 0 Å². The van der Waals surface area contributed by atoms with Crippen LogP contribution in [0.2, 0.25) is 0 Å². The minimum atomic E-state index is -4.73. The lowest BCUT2D eigenvalue weighted by atomic mass is 10.0. The zero-order chi connectivity index (χ0) is 25.2. The van der Waals surface area contributed by atoms with Crippen molar-refractivity contribution in [3.8, 4) is 22.4 Å². The Balaban J connectivity index is 1.76. The van der Waals surface area contributed by atoms with E-state index in [0.717, 1.165) is 21.5 Å².